The molecule has 3 nitrogen and oxygen atoms in total. The standard InChI is InChI=1S/C15H20F3NO2.ClH/c1-20-13-9-11(21-15(16,17)18)7-8-12(13)14(19)10-5-3-2-4-6-10;/h7-10,14H,2-6,19H2,1H3;1H/t14-;/m1./s1. The summed E-state index contributed by atoms with van der Waals surface area (Å²) in [4.78, 5) is 0. The van der Waals surface area contributed by atoms with Gasteiger partial charge in [-0.25, -0.2) is 0 Å². The predicted octanol–water partition coefficient (Wildman–Crippen LogP) is 4.60. The minimum absolute atomic E-state index is 0. The normalized spacial score (nSPS) is 17.5. The summed E-state index contributed by atoms with van der Waals surface area (Å²) in [5.41, 5.74) is 7.02. The van der Waals surface area contributed by atoms with Gasteiger partial charge in [-0.2, -0.15) is 0 Å². The maximum absolute atomic E-state index is 12.2. The first-order valence-corrected chi connectivity index (χ1v) is 7.10. The van der Waals surface area contributed by atoms with Crippen LogP contribution >= 0.6 is 12.4 Å². The van der Waals surface area contributed by atoms with Gasteiger partial charge in [-0.3, -0.25) is 0 Å². The number of methoxy groups -OCH3 is 1. The number of hydrogen-bond acceptors (Lipinski definition) is 3. The van der Waals surface area contributed by atoms with Gasteiger partial charge in [0.2, 0.25) is 0 Å². The van der Waals surface area contributed by atoms with Gasteiger partial charge < -0.3 is 15.2 Å². The van der Waals surface area contributed by atoms with E-state index in [0.29, 0.717) is 11.7 Å². The fourth-order valence-corrected chi connectivity index (χ4v) is 2.91. The first kappa shape index (κ1) is 18.9. The monoisotopic (exact) mass is 339 g/mol. The Labute approximate surface area is 134 Å². The Balaban J connectivity index is 0.00000242. The van der Waals surface area contributed by atoms with Crippen LogP contribution in [0, 0.1) is 5.92 Å². The molecule has 1 fully saturated rings. The molecule has 2 rings (SSSR count). The summed E-state index contributed by atoms with van der Waals surface area (Å²) in [6.07, 6.45) is 0.902. The van der Waals surface area contributed by atoms with Crippen LogP contribution in [-0.2, 0) is 0 Å². The molecule has 0 bridgehead atoms. The topological polar surface area (TPSA) is 44.5 Å². The van der Waals surface area contributed by atoms with E-state index in [0.717, 1.165) is 31.2 Å². The Hall–Kier alpha value is -1.14. The van der Waals surface area contributed by atoms with Crippen LogP contribution in [0.3, 0.4) is 0 Å². The highest BCUT2D eigenvalue weighted by Gasteiger charge is 2.32. The van der Waals surface area contributed by atoms with E-state index in [1.807, 2.05) is 0 Å². The molecule has 0 saturated heterocycles. The van der Waals surface area contributed by atoms with Crippen LogP contribution < -0.4 is 15.2 Å². The molecule has 22 heavy (non-hydrogen) atoms. The third-order valence-electron chi connectivity index (χ3n) is 3.96. The summed E-state index contributed by atoms with van der Waals surface area (Å²) in [6, 6.07) is 3.87. The Morgan fingerprint density at radius 3 is 2.36 bits per heavy atom. The molecule has 7 heteroatoms. The number of alkyl halides is 3. The second-order valence-corrected chi connectivity index (χ2v) is 5.38. The van der Waals surface area contributed by atoms with E-state index in [9.17, 15) is 13.2 Å². The molecular formula is C15H21ClF3NO2. The number of nitrogens with two attached hydrogens (primary N) is 1. The third-order valence-corrected chi connectivity index (χ3v) is 3.96. The molecule has 1 aromatic carbocycles. The van der Waals surface area contributed by atoms with E-state index >= 15 is 0 Å². The second kappa shape index (κ2) is 7.92. The van der Waals surface area contributed by atoms with E-state index < -0.39 is 6.36 Å². The minimum Gasteiger partial charge on any atom is -0.496 e. The van der Waals surface area contributed by atoms with E-state index in [4.69, 9.17) is 10.5 Å². The van der Waals surface area contributed by atoms with Crippen LogP contribution in [-0.4, -0.2) is 13.5 Å². The quantitative estimate of drug-likeness (QED) is 0.872. The molecule has 0 spiro atoms. The van der Waals surface area contributed by atoms with Crippen LogP contribution in [0.1, 0.15) is 43.7 Å². The van der Waals surface area contributed by atoms with Crippen LogP contribution in [0.15, 0.2) is 18.2 Å². The molecule has 0 aliphatic heterocycles. The van der Waals surface area contributed by atoms with Gasteiger partial charge in [0.1, 0.15) is 11.5 Å². The Kier molecular flexibility index (Phi) is 6.81. The van der Waals surface area contributed by atoms with Gasteiger partial charge in [-0.05, 0) is 24.8 Å². The van der Waals surface area contributed by atoms with Gasteiger partial charge >= 0.3 is 6.36 Å². The lowest BCUT2D eigenvalue weighted by molar-refractivity contribution is -0.274. The van der Waals surface area contributed by atoms with Crippen molar-refractivity contribution in [2.45, 2.75) is 44.5 Å². The van der Waals surface area contributed by atoms with Crippen molar-refractivity contribution in [2.24, 2.45) is 11.7 Å². The van der Waals surface area contributed by atoms with Crippen molar-refractivity contribution in [1.29, 1.82) is 0 Å². The summed E-state index contributed by atoms with van der Waals surface area (Å²) >= 11 is 0. The molecule has 1 aliphatic rings. The van der Waals surface area contributed by atoms with Crippen molar-refractivity contribution in [3.05, 3.63) is 23.8 Å². The smallest absolute Gasteiger partial charge is 0.496 e. The van der Waals surface area contributed by atoms with Crippen molar-refractivity contribution >= 4 is 12.4 Å². The molecule has 0 aromatic heterocycles. The highest BCUT2D eigenvalue weighted by atomic mass is 35.5. The third kappa shape index (κ3) is 4.95. The zero-order chi connectivity index (χ0) is 15.5. The first-order valence-electron chi connectivity index (χ1n) is 7.10. The predicted molar refractivity (Wildman–Crippen MR) is 80.4 cm³/mol. The molecular weight excluding hydrogens is 319 g/mol. The van der Waals surface area contributed by atoms with Crippen LogP contribution in [0.5, 0.6) is 11.5 Å². The molecule has 0 heterocycles. The van der Waals surface area contributed by atoms with Crippen LogP contribution in [0.2, 0.25) is 0 Å². The highest BCUT2D eigenvalue weighted by Crippen LogP contribution is 2.38. The summed E-state index contributed by atoms with van der Waals surface area (Å²) in [5, 5.41) is 0. The maximum Gasteiger partial charge on any atom is 0.573 e. The summed E-state index contributed by atoms with van der Waals surface area (Å²) in [6.45, 7) is 0. The van der Waals surface area contributed by atoms with E-state index in [1.165, 1.54) is 25.7 Å². The lowest BCUT2D eigenvalue weighted by atomic mass is 9.81. The molecule has 1 aliphatic carbocycles. The van der Waals surface area contributed by atoms with Crippen molar-refractivity contribution in [1.82, 2.24) is 0 Å². The average Bonchev–Trinajstić information content (AvgIpc) is 2.45. The molecule has 1 saturated carbocycles. The number of ether oxygens (including phenoxy) is 2. The summed E-state index contributed by atoms with van der Waals surface area (Å²) in [5.74, 6) is 0.399. The molecule has 0 amide bonds. The SMILES string of the molecule is COc1cc(OC(F)(F)F)ccc1[C@H](N)C1CCCCC1.Cl. The highest BCUT2D eigenvalue weighted by molar-refractivity contribution is 5.85. The van der Waals surface area contributed by atoms with Gasteiger partial charge in [0.15, 0.2) is 0 Å². The minimum atomic E-state index is -4.71. The molecule has 2 N–H and O–H groups in total. The second-order valence-electron chi connectivity index (χ2n) is 5.38. The number of benzene rings is 1. The van der Waals surface area contributed by atoms with Crippen LogP contribution in [0.4, 0.5) is 13.2 Å². The molecule has 0 unspecified atom stereocenters. The maximum atomic E-state index is 12.2. The van der Waals surface area contributed by atoms with Crippen molar-refractivity contribution in [3.63, 3.8) is 0 Å². The van der Waals surface area contributed by atoms with Crippen LogP contribution in [0.25, 0.3) is 0 Å². The summed E-state index contributed by atoms with van der Waals surface area (Å²) < 4.78 is 45.8. The Morgan fingerprint density at radius 1 is 1.18 bits per heavy atom. The largest absolute Gasteiger partial charge is 0.573 e. The lowest BCUT2D eigenvalue weighted by Crippen LogP contribution is -2.24. The van der Waals surface area contributed by atoms with Gasteiger partial charge in [0, 0.05) is 17.7 Å². The number of rotatable bonds is 4. The molecule has 1 aromatic rings. The number of halogens is 4. The Morgan fingerprint density at radius 2 is 1.82 bits per heavy atom. The van der Waals surface area contributed by atoms with Crippen molar-refractivity contribution < 1.29 is 22.6 Å². The van der Waals surface area contributed by atoms with Crippen molar-refractivity contribution in [3.8, 4) is 11.5 Å². The number of hydrogen-bond donors (Lipinski definition) is 1. The fraction of sp³-hybridized carbons (Fsp3) is 0.600. The van der Waals surface area contributed by atoms with E-state index in [1.54, 1.807) is 6.07 Å². The zero-order valence-corrected chi connectivity index (χ0v) is 13.2. The first-order chi connectivity index (χ1) is 9.90. The lowest BCUT2D eigenvalue weighted by Gasteiger charge is -2.28. The van der Waals surface area contributed by atoms with Gasteiger partial charge in [-0.1, -0.05) is 25.3 Å². The van der Waals surface area contributed by atoms with Crippen molar-refractivity contribution in [2.75, 3.05) is 7.11 Å². The Bertz CT molecular complexity index is 476. The zero-order valence-electron chi connectivity index (χ0n) is 12.4. The molecule has 1 atom stereocenters. The molecule has 126 valence electrons. The summed E-state index contributed by atoms with van der Waals surface area (Å²) in [7, 11) is 1.42. The van der Waals surface area contributed by atoms with E-state index in [-0.39, 0.29) is 24.2 Å². The fourth-order valence-electron chi connectivity index (χ4n) is 2.91. The van der Waals surface area contributed by atoms with Gasteiger partial charge in [0.05, 0.1) is 7.11 Å². The molecule has 0 radical (unpaired) electrons. The van der Waals surface area contributed by atoms with Gasteiger partial charge in [-0.15, -0.1) is 25.6 Å². The van der Waals surface area contributed by atoms with Gasteiger partial charge in [0.25, 0.3) is 0 Å². The van der Waals surface area contributed by atoms with E-state index in [2.05, 4.69) is 4.74 Å². The average molecular weight is 340 g/mol.